The fourth-order valence-electron chi connectivity index (χ4n) is 2.99. The number of rotatable bonds is 5. The third-order valence-corrected chi connectivity index (χ3v) is 4.11. The van der Waals surface area contributed by atoms with E-state index >= 15 is 0 Å². The number of aryl methyl sites for hydroxylation is 2. The highest BCUT2D eigenvalue weighted by atomic mass is 35.5. The van der Waals surface area contributed by atoms with Crippen molar-refractivity contribution in [1.82, 2.24) is 9.47 Å². The number of hydrogen-bond acceptors (Lipinski definition) is 4. The first-order valence-electron chi connectivity index (χ1n) is 7.68. The van der Waals surface area contributed by atoms with Gasteiger partial charge in [0.15, 0.2) is 0 Å². The number of ether oxygens (including phenoxy) is 1. The lowest BCUT2D eigenvalue weighted by molar-refractivity contribution is 0.0694. The summed E-state index contributed by atoms with van der Waals surface area (Å²) in [6, 6.07) is 3.64. The first-order valence-corrected chi connectivity index (χ1v) is 7.68. The van der Waals surface area contributed by atoms with Crippen LogP contribution >= 0.6 is 12.4 Å². The van der Waals surface area contributed by atoms with Crippen molar-refractivity contribution in [3.05, 3.63) is 39.7 Å². The molecule has 0 bridgehead atoms. The Labute approximate surface area is 146 Å². The van der Waals surface area contributed by atoms with Crippen LogP contribution in [0.15, 0.2) is 23.1 Å². The Bertz CT molecular complexity index is 829. The van der Waals surface area contributed by atoms with Gasteiger partial charge >= 0.3 is 5.97 Å². The van der Waals surface area contributed by atoms with Crippen LogP contribution < -0.4 is 10.2 Å². The third-order valence-electron chi connectivity index (χ3n) is 4.11. The Kier molecular flexibility index (Phi) is 5.51. The molecule has 3 rings (SSSR count). The molecule has 2 heterocycles. The smallest absolute Gasteiger partial charge is 0.341 e. The van der Waals surface area contributed by atoms with Gasteiger partial charge in [-0.3, -0.25) is 4.79 Å². The maximum absolute atomic E-state index is 12.5. The molecule has 0 radical (unpaired) electrons. The molecule has 0 unspecified atom stereocenters. The van der Waals surface area contributed by atoms with E-state index in [1.807, 2.05) is 29.6 Å². The van der Waals surface area contributed by atoms with Gasteiger partial charge in [0.2, 0.25) is 5.43 Å². The van der Waals surface area contributed by atoms with Gasteiger partial charge in [0.1, 0.15) is 17.9 Å². The molecule has 1 aliphatic rings. The molecule has 1 aromatic heterocycles. The molecule has 0 saturated carbocycles. The number of aromatic carboxylic acids is 1. The second kappa shape index (κ2) is 7.23. The normalized spacial score (nSPS) is 13.0. The number of carbonyl (C=O) groups is 1. The number of benzene rings is 1. The molecule has 0 atom stereocenters. The van der Waals surface area contributed by atoms with Crippen molar-refractivity contribution in [2.75, 3.05) is 27.2 Å². The predicted octanol–water partition coefficient (Wildman–Crippen LogP) is 2.01. The highest BCUT2D eigenvalue weighted by Gasteiger charge is 2.20. The Morgan fingerprint density at radius 3 is 2.79 bits per heavy atom. The van der Waals surface area contributed by atoms with Gasteiger partial charge in [-0.2, -0.15) is 0 Å². The fourth-order valence-corrected chi connectivity index (χ4v) is 2.99. The van der Waals surface area contributed by atoms with E-state index in [0.29, 0.717) is 17.7 Å². The average molecular weight is 353 g/mol. The highest BCUT2D eigenvalue weighted by Crippen LogP contribution is 2.28. The zero-order chi connectivity index (χ0) is 16.6. The maximum Gasteiger partial charge on any atom is 0.341 e. The molecule has 0 fully saturated rings. The van der Waals surface area contributed by atoms with E-state index in [9.17, 15) is 14.7 Å². The zero-order valence-corrected chi connectivity index (χ0v) is 14.6. The molecule has 130 valence electrons. The lowest BCUT2D eigenvalue weighted by Gasteiger charge is -2.21. The Morgan fingerprint density at radius 1 is 1.38 bits per heavy atom. The van der Waals surface area contributed by atoms with Gasteiger partial charge in [-0.1, -0.05) is 0 Å². The van der Waals surface area contributed by atoms with E-state index < -0.39 is 11.4 Å². The largest absolute Gasteiger partial charge is 0.492 e. The van der Waals surface area contributed by atoms with Gasteiger partial charge in [0.05, 0.1) is 10.9 Å². The number of carboxylic acid groups (broad SMARTS) is 1. The number of nitrogens with zero attached hydrogens (tertiary/aromatic N) is 2. The predicted molar refractivity (Wildman–Crippen MR) is 94.8 cm³/mol. The molecule has 0 aliphatic carbocycles. The van der Waals surface area contributed by atoms with Crippen LogP contribution in [0.2, 0.25) is 0 Å². The molecule has 0 amide bonds. The van der Waals surface area contributed by atoms with Crippen molar-refractivity contribution in [1.29, 1.82) is 0 Å². The summed E-state index contributed by atoms with van der Waals surface area (Å²) in [6.45, 7) is 2.02. The Hall–Kier alpha value is -2.05. The van der Waals surface area contributed by atoms with E-state index in [2.05, 4.69) is 0 Å². The molecule has 0 spiro atoms. The van der Waals surface area contributed by atoms with Crippen LogP contribution in [0.25, 0.3) is 10.9 Å². The number of hydrogen-bond donors (Lipinski definition) is 1. The minimum Gasteiger partial charge on any atom is -0.492 e. The average Bonchev–Trinajstić information content (AvgIpc) is 2.49. The number of aromatic nitrogens is 1. The number of halogens is 1. The minimum atomic E-state index is -1.19. The van der Waals surface area contributed by atoms with Crippen molar-refractivity contribution in [3.63, 3.8) is 0 Å². The van der Waals surface area contributed by atoms with E-state index in [1.54, 1.807) is 6.07 Å². The van der Waals surface area contributed by atoms with E-state index in [4.69, 9.17) is 4.74 Å². The molecular formula is C17H21ClN2O4. The monoisotopic (exact) mass is 352 g/mol. The van der Waals surface area contributed by atoms with Gasteiger partial charge in [-0.25, -0.2) is 4.79 Å². The van der Waals surface area contributed by atoms with Crippen LogP contribution in [-0.4, -0.2) is 47.8 Å². The Balaban J connectivity index is 0.00000208. The van der Waals surface area contributed by atoms with Crippen LogP contribution in [0.3, 0.4) is 0 Å². The first kappa shape index (κ1) is 18.3. The lowest BCUT2D eigenvalue weighted by Crippen LogP contribution is -2.22. The summed E-state index contributed by atoms with van der Waals surface area (Å²) in [5, 5.41) is 9.69. The summed E-state index contributed by atoms with van der Waals surface area (Å²) in [6.07, 6.45) is 3.25. The summed E-state index contributed by atoms with van der Waals surface area (Å²) < 4.78 is 7.63. The number of pyridine rings is 1. The van der Waals surface area contributed by atoms with Crippen molar-refractivity contribution in [3.8, 4) is 5.75 Å². The fraction of sp³-hybridized carbons (Fsp3) is 0.412. The molecule has 2 aromatic rings. The van der Waals surface area contributed by atoms with Gasteiger partial charge < -0.3 is 19.3 Å². The van der Waals surface area contributed by atoms with Crippen molar-refractivity contribution in [2.45, 2.75) is 19.4 Å². The van der Waals surface area contributed by atoms with E-state index in [-0.39, 0.29) is 18.0 Å². The summed E-state index contributed by atoms with van der Waals surface area (Å²) in [5.74, 6) is -0.561. The number of likely N-dealkylation sites (N-methyl/N-ethyl adjacent to an activating group) is 1. The number of carboxylic acids is 1. The summed E-state index contributed by atoms with van der Waals surface area (Å²) in [7, 11) is 3.93. The molecule has 1 aliphatic heterocycles. The third kappa shape index (κ3) is 3.39. The second-order valence-corrected chi connectivity index (χ2v) is 6.10. The molecule has 6 nitrogen and oxygen atoms in total. The Morgan fingerprint density at radius 2 is 2.12 bits per heavy atom. The van der Waals surface area contributed by atoms with Gasteiger partial charge in [0.25, 0.3) is 0 Å². The maximum atomic E-state index is 12.5. The molecule has 1 N–H and O–H groups in total. The first-order chi connectivity index (χ1) is 11.0. The zero-order valence-electron chi connectivity index (χ0n) is 13.7. The van der Waals surface area contributed by atoms with E-state index in [0.717, 1.165) is 37.0 Å². The van der Waals surface area contributed by atoms with Crippen molar-refractivity contribution >= 4 is 29.3 Å². The summed E-state index contributed by atoms with van der Waals surface area (Å²) in [5.41, 5.74) is 1.26. The lowest BCUT2D eigenvalue weighted by atomic mass is 9.99. The van der Waals surface area contributed by atoms with Crippen molar-refractivity contribution in [2.24, 2.45) is 0 Å². The molecular weight excluding hydrogens is 332 g/mol. The standard InChI is InChI=1S/C17H20N2O4.ClH/c1-18(2)6-7-23-12-8-11-4-3-5-19-10-14(17(21)22)16(20)13(9-12)15(11)19;/h8-10H,3-7H2,1-2H3,(H,21,22);1H. The topological polar surface area (TPSA) is 71.8 Å². The van der Waals surface area contributed by atoms with Crippen LogP contribution in [-0.2, 0) is 13.0 Å². The molecule has 7 heteroatoms. The quantitative estimate of drug-likeness (QED) is 0.891. The summed E-state index contributed by atoms with van der Waals surface area (Å²) in [4.78, 5) is 25.8. The van der Waals surface area contributed by atoms with Crippen LogP contribution in [0.4, 0.5) is 0 Å². The van der Waals surface area contributed by atoms with Crippen molar-refractivity contribution < 1.29 is 14.6 Å². The molecule has 1 aromatic carbocycles. The van der Waals surface area contributed by atoms with Crippen LogP contribution in [0.5, 0.6) is 5.75 Å². The van der Waals surface area contributed by atoms with Crippen LogP contribution in [0.1, 0.15) is 22.3 Å². The van der Waals surface area contributed by atoms with Gasteiger partial charge in [-0.15, -0.1) is 12.4 Å². The SMILES string of the molecule is CN(C)CCOc1cc2c3c(c1)c(=O)c(C(=O)O)cn3CCC2.Cl. The highest BCUT2D eigenvalue weighted by molar-refractivity contribution is 5.94. The summed E-state index contributed by atoms with van der Waals surface area (Å²) >= 11 is 0. The van der Waals surface area contributed by atoms with Gasteiger partial charge in [0, 0.05) is 19.3 Å². The minimum absolute atomic E-state index is 0. The molecule has 0 saturated heterocycles. The van der Waals surface area contributed by atoms with Crippen LogP contribution in [0, 0.1) is 0 Å². The molecule has 24 heavy (non-hydrogen) atoms. The van der Waals surface area contributed by atoms with Gasteiger partial charge in [-0.05, 0) is 44.6 Å². The second-order valence-electron chi connectivity index (χ2n) is 6.10. The van der Waals surface area contributed by atoms with E-state index in [1.165, 1.54) is 6.20 Å².